The van der Waals surface area contributed by atoms with Gasteiger partial charge in [0.15, 0.2) is 0 Å². The molecule has 130 valence electrons. The van der Waals surface area contributed by atoms with Crippen LogP contribution in [0.4, 0.5) is 11.4 Å². The average molecular weight is 354 g/mol. The molecule has 0 aromatic heterocycles. The summed E-state index contributed by atoms with van der Waals surface area (Å²) in [6, 6.07) is 15.6. The number of amides is 2. The minimum Gasteiger partial charge on any atom is -0.325 e. The van der Waals surface area contributed by atoms with E-state index in [0.29, 0.717) is 6.42 Å². The van der Waals surface area contributed by atoms with Crippen LogP contribution in [-0.2, 0) is 16.0 Å². The van der Waals surface area contributed by atoms with Crippen molar-refractivity contribution >= 4 is 35.0 Å². The van der Waals surface area contributed by atoms with Gasteiger partial charge in [-0.25, -0.2) is 0 Å². The van der Waals surface area contributed by atoms with E-state index in [9.17, 15) is 9.59 Å². The van der Waals surface area contributed by atoms with E-state index in [0.717, 1.165) is 22.7 Å². The summed E-state index contributed by atoms with van der Waals surface area (Å²) < 4.78 is 0. The Balaban J connectivity index is 1.76. The molecule has 0 spiro atoms. The summed E-state index contributed by atoms with van der Waals surface area (Å²) in [5, 5.41) is 3.08. The third-order valence-electron chi connectivity index (χ3n) is 4.19. The molecule has 4 nitrogen and oxygen atoms in total. The normalized spacial score (nSPS) is 17.0. The predicted octanol–water partition coefficient (Wildman–Crippen LogP) is 4.11. The number of hydrogen-bond acceptors (Lipinski definition) is 3. The highest BCUT2D eigenvalue weighted by atomic mass is 32.2. The number of aryl methyl sites for hydroxylation is 1. The molecule has 2 aromatic carbocycles. The van der Waals surface area contributed by atoms with Crippen LogP contribution < -0.4 is 10.2 Å². The number of nitrogens with one attached hydrogen (secondary N) is 1. The van der Waals surface area contributed by atoms with Gasteiger partial charge in [0.05, 0.1) is 5.69 Å². The van der Waals surface area contributed by atoms with Crippen LogP contribution in [0.2, 0.25) is 0 Å². The summed E-state index contributed by atoms with van der Waals surface area (Å²) in [5.74, 6) is -0.201. The van der Waals surface area contributed by atoms with Crippen molar-refractivity contribution in [2.75, 3.05) is 16.8 Å². The van der Waals surface area contributed by atoms with Gasteiger partial charge in [-0.1, -0.05) is 38.1 Å². The molecule has 0 fully saturated rings. The smallest absolute Gasteiger partial charge is 0.244 e. The lowest BCUT2D eigenvalue weighted by molar-refractivity contribution is -0.121. The lowest BCUT2D eigenvalue weighted by Gasteiger charge is -2.22. The van der Waals surface area contributed by atoms with Crippen LogP contribution in [0.25, 0.3) is 0 Å². The van der Waals surface area contributed by atoms with Gasteiger partial charge in [0.2, 0.25) is 11.8 Å². The fourth-order valence-electron chi connectivity index (χ4n) is 2.87. The maximum absolute atomic E-state index is 12.6. The molecule has 0 saturated carbocycles. The fraction of sp³-hybridized carbons (Fsp3) is 0.300. The molecular formula is C20H22N2O2S. The Morgan fingerprint density at radius 2 is 1.92 bits per heavy atom. The first-order chi connectivity index (χ1) is 12.1. The summed E-state index contributed by atoms with van der Waals surface area (Å²) in [7, 11) is 0. The van der Waals surface area contributed by atoms with Crippen molar-refractivity contribution < 1.29 is 9.59 Å². The molecule has 2 aromatic rings. The highest BCUT2D eigenvalue weighted by molar-refractivity contribution is 8.00. The van der Waals surface area contributed by atoms with Crippen LogP contribution in [0.3, 0.4) is 0 Å². The van der Waals surface area contributed by atoms with Crippen LogP contribution in [0, 0.1) is 0 Å². The molecule has 1 heterocycles. The monoisotopic (exact) mass is 354 g/mol. The quantitative estimate of drug-likeness (QED) is 0.899. The minimum absolute atomic E-state index is 0.0126. The van der Waals surface area contributed by atoms with Gasteiger partial charge in [-0.2, -0.15) is 0 Å². The molecule has 1 atom stereocenters. The van der Waals surface area contributed by atoms with Gasteiger partial charge >= 0.3 is 0 Å². The number of fused-ring (bicyclic) bond motifs is 1. The van der Waals surface area contributed by atoms with Crippen molar-refractivity contribution in [1.29, 1.82) is 0 Å². The van der Waals surface area contributed by atoms with Crippen LogP contribution >= 0.6 is 11.8 Å². The second-order valence-electron chi connectivity index (χ2n) is 6.18. The Hall–Kier alpha value is -2.27. The van der Waals surface area contributed by atoms with E-state index in [2.05, 4.69) is 12.2 Å². The molecule has 1 aliphatic heterocycles. The fourth-order valence-corrected chi connectivity index (χ4v) is 3.99. The van der Waals surface area contributed by atoms with E-state index < -0.39 is 0 Å². The number of carbonyl (C=O) groups is 2. The number of anilines is 2. The Morgan fingerprint density at radius 3 is 2.64 bits per heavy atom. The van der Waals surface area contributed by atoms with Gasteiger partial charge in [-0.3, -0.25) is 9.59 Å². The van der Waals surface area contributed by atoms with E-state index in [1.54, 1.807) is 16.7 Å². The molecular weight excluding hydrogens is 332 g/mol. The lowest BCUT2D eigenvalue weighted by Crippen LogP contribution is -2.38. The number of rotatable bonds is 4. The molecule has 0 bridgehead atoms. The third-order valence-corrected chi connectivity index (χ3v) is 5.36. The van der Waals surface area contributed by atoms with Crippen molar-refractivity contribution in [3.63, 3.8) is 0 Å². The van der Waals surface area contributed by atoms with Gasteiger partial charge in [-0.15, -0.1) is 11.8 Å². The summed E-state index contributed by atoms with van der Waals surface area (Å²) >= 11 is 1.68. The lowest BCUT2D eigenvalue weighted by atomic mass is 10.1. The first kappa shape index (κ1) is 17.5. The van der Waals surface area contributed by atoms with E-state index in [1.807, 2.05) is 55.5 Å². The largest absolute Gasteiger partial charge is 0.325 e. The zero-order chi connectivity index (χ0) is 17.8. The SMILES string of the molecule is CCc1ccc(NC(=O)CN2C(=O)C[C@H](C)Sc3ccccc32)cc1. The summed E-state index contributed by atoms with van der Waals surface area (Å²) in [6.45, 7) is 4.16. The number of para-hydroxylation sites is 1. The molecule has 1 N–H and O–H groups in total. The van der Waals surface area contributed by atoms with Crippen molar-refractivity contribution in [1.82, 2.24) is 0 Å². The van der Waals surface area contributed by atoms with Crippen molar-refractivity contribution in [2.24, 2.45) is 0 Å². The molecule has 25 heavy (non-hydrogen) atoms. The molecule has 2 amide bonds. The standard InChI is InChI=1S/C20H22N2O2S/c1-3-15-8-10-16(11-9-15)21-19(23)13-22-17-6-4-5-7-18(17)25-14(2)12-20(22)24/h4-11,14H,3,12-13H2,1-2H3,(H,21,23)/t14-/m0/s1. The van der Waals surface area contributed by atoms with E-state index in [-0.39, 0.29) is 23.6 Å². The number of benzene rings is 2. The average Bonchev–Trinajstić information content (AvgIpc) is 2.71. The third kappa shape index (κ3) is 4.23. The summed E-state index contributed by atoms with van der Waals surface area (Å²) in [6.07, 6.45) is 1.39. The Kier molecular flexibility index (Phi) is 5.43. The van der Waals surface area contributed by atoms with Crippen LogP contribution in [0.1, 0.15) is 25.8 Å². The highest BCUT2D eigenvalue weighted by Crippen LogP contribution is 2.37. The van der Waals surface area contributed by atoms with E-state index in [4.69, 9.17) is 0 Å². The van der Waals surface area contributed by atoms with E-state index in [1.165, 1.54) is 5.56 Å². The van der Waals surface area contributed by atoms with Gasteiger partial charge in [0.25, 0.3) is 0 Å². The maximum atomic E-state index is 12.6. The van der Waals surface area contributed by atoms with E-state index >= 15 is 0 Å². The summed E-state index contributed by atoms with van der Waals surface area (Å²) in [5.41, 5.74) is 2.79. The van der Waals surface area contributed by atoms with Crippen molar-refractivity contribution in [3.05, 3.63) is 54.1 Å². The molecule has 1 aliphatic rings. The van der Waals surface area contributed by atoms with Gasteiger partial charge in [0, 0.05) is 22.3 Å². The molecule has 0 radical (unpaired) electrons. The maximum Gasteiger partial charge on any atom is 0.244 e. The van der Waals surface area contributed by atoms with Crippen LogP contribution in [-0.4, -0.2) is 23.6 Å². The van der Waals surface area contributed by atoms with Crippen LogP contribution in [0.15, 0.2) is 53.4 Å². The molecule has 0 unspecified atom stereocenters. The van der Waals surface area contributed by atoms with Crippen molar-refractivity contribution in [3.8, 4) is 0 Å². The molecule has 3 rings (SSSR count). The Bertz CT molecular complexity index is 774. The number of carbonyl (C=O) groups excluding carboxylic acids is 2. The first-order valence-electron chi connectivity index (χ1n) is 8.51. The molecule has 5 heteroatoms. The highest BCUT2D eigenvalue weighted by Gasteiger charge is 2.27. The summed E-state index contributed by atoms with van der Waals surface area (Å²) in [4.78, 5) is 27.7. The zero-order valence-corrected chi connectivity index (χ0v) is 15.3. The van der Waals surface area contributed by atoms with Gasteiger partial charge < -0.3 is 10.2 Å². The predicted molar refractivity (Wildman–Crippen MR) is 103 cm³/mol. The van der Waals surface area contributed by atoms with Crippen molar-refractivity contribution in [2.45, 2.75) is 36.8 Å². The minimum atomic E-state index is -0.188. The molecule has 0 aliphatic carbocycles. The topological polar surface area (TPSA) is 49.4 Å². The second-order valence-corrected chi connectivity index (χ2v) is 7.66. The first-order valence-corrected chi connectivity index (χ1v) is 9.39. The Morgan fingerprint density at radius 1 is 1.20 bits per heavy atom. The zero-order valence-electron chi connectivity index (χ0n) is 14.5. The number of nitrogens with zero attached hydrogens (tertiary/aromatic N) is 1. The van der Waals surface area contributed by atoms with Gasteiger partial charge in [0.1, 0.15) is 6.54 Å². The Labute approximate surface area is 152 Å². The van der Waals surface area contributed by atoms with Crippen LogP contribution in [0.5, 0.6) is 0 Å². The second kappa shape index (κ2) is 7.74. The number of thioether (sulfide) groups is 1. The molecule has 0 saturated heterocycles. The van der Waals surface area contributed by atoms with Gasteiger partial charge in [-0.05, 0) is 36.2 Å². The number of hydrogen-bond donors (Lipinski definition) is 1.